The number of halogens is 3. The molecule has 2 N–H and O–H groups in total. The fourth-order valence-electron chi connectivity index (χ4n) is 5.99. The summed E-state index contributed by atoms with van der Waals surface area (Å²) in [6.45, 7) is 6.34. The number of anilines is 1. The zero-order valence-corrected chi connectivity index (χ0v) is 19.3. The van der Waals surface area contributed by atoms with Crippen LogP contribution in [0.15, 0.2) is 18.3 Å². The highest BCUT2D eigenvalue weighted by molar-refractivity contribution is 5.63. The second-order valence-corrected chi connectivity index (χ2v) is 9.93. The van der Waals surface area contributed by atoms with Crippen molar-refractivity contribution in [3.63, 3.8) is 0 Å². The van der Waals surface area contributed by atoms with Crippen LogP contribution in [0.3, 0.4) is 0 Å². The fraction of sp³-hybridized carbons (Fsp3) is 0.667. The van der Waals surface area contributed by atoms with Crippen molar-refractivity contribution >= 4 is 5.82 Å². The summed E-state index contributed by atoms with van der Waals surface area (Å²) in [5.41, 5.74) is 6.62. The van der Waals surface area contributed by atoms with E-state index in [0.717, 1.165) is 37.7 Å². The summed E-state index contributed by atoms with van der Waals surface area (Å²) in [5, 5.41) is 4.75. The number of likely N-dealkylation sites (tertiary alicyclic amines) is 1. The third-order valence-corrected chi connectivity index (χ3v) is 8.08. The predicted octanol–water partition coefficient (Wildman–Crippen LogP) is 4.73. The second kappa shape index (κ2) is 8.27. The van der Waals surface area contributed by atoms with E-state index >= 15 is 0 Å². The molecule has 2 aliphatic carbocycles. The normalized spacial score (nSPS) is 30.5. The van der Waals surface area contributed by atoms with Gasteiger partial charge in [-0.1, -0.05) is 6.92 Å². The molecule has 0 radical (unpaired) electrons. The summed E-state index contributed by atoms with van der Waals surface area (Å²) in [6, 6.07) is 3.84. The lowest BCUT2D eigenvalue weighted by molar-refractivity contribution is -0.137. The zero-order chi connectivity index (χ0) is 23.5. The molecule has 5 rings (SSSR count). The molecule has 6 nitrogen and oxygen atoms in total. The topological polar surface area (TPSA) is 69.2 Å². The van der Waals surface area contributed by atoms with E-state index in [1.807, 2.05) is 10.7 Å². The van der Waals surface area contributed by atoms with E-state index in [2.05, 4.69) is 23.7 Å². The minimum Gasteiger partial charge on any atom is -0.383 e. The minimum atomic E-state index is -4.55. The number of hydrogen-bond acceptors (Lipinski definition) is 5. The maximum Gasteiger partial charge on any atom is 0.419 e. The number of nitrogens with two attached hydrogens (primary N) is 1. The molecule has 3 fully saturated rings. The summed E-state index contributed by atoms with van der Waals surface area (Å²) >= 11 is 0. The summed E-state index contributed by atoms with van der Waals surface area (Å²) in [6.07, 6.45) is 1.55. The van der Waals surface area contributed by atoms with Gasteiger partial charge in [-0.25, -0.2) is 4.98 Å². The fourth-order valence-corrected chi connectivity index (χ4v) is 5.99. The monoisotopic (exact) mass is 463 g/mol. The SMILES string of the molecule is CCC(C)n1nc(-c2cnc(N)c(C(F)(F)F)c2)cc1C1C2CC(N3CCC(OC)C3)CC21. The van der Waals surface area contributed by atoms with Crippen LogP contribution in [0.4, 0.5) is 19.0 Å². The third kappa shape index (κ3) is 4.03. The van der Waals surface area contributed by atoms with Gasteiger partial charge in [-0.05, 0) is 56.6 Å². The molecule has 3 heterocycles. The number of nitrogens with zero attached hydrogens (tertiary/aromatic N) is 4. The van der Waals surface area contributed by atoms with Crippen LogP contribution in [0.5, 0.6) is 0 Å². The first-order valence-corrected chi connectivity index (χ1v) is 11.9. The first-order chi connectivity index (χ1) is 15.7. The average molecular weight is 464 g/mol. The molecule has 2 aromatic rings. The Morgan fingerprint density at radius 3 is 2.58 bits per heavy atom. The Kier molecular flexibility index (Phi) is 5.68. The molecular formula is C24H32F3N5O. The van der Waals surface area contributed by atoms with E-state index in [-0.39, 0.29) is 6.04 Å². The Labute approximate surface area is 192 Å². The highest BCUT2D eigenvalue weighted by Crippen LogP contribution is 2.64. The van der Waals surface area contributed by atoms with Crippen molar-refractivity contribution in [3.05, 3.63) is 29.6 Å². The van der Waals surface area contributed by atoms with Crippen molar-refractivity contribution in [3.8, 4) is 11.3 Å². The Morgan fingerprint density at radius 2 is 1.97 bits per heavy atom. The van der Waals surface area contributed by atoms with Crippen LogP contribution in [-0.2, 0) is 10.9 Å². The lowest BCUT2D eigenvalue weighted by Gasteiger charge is -2.26. The molecule has 4 atom stereocenters. The van der Waals surface area contributed by atoms with Gasteiger partial charge in [0.25, 0.3) is 0 Å². The number of fused-ring (bicyclic) bond motifs is 1. The van der Waals surface area contributed by atoms with Gasteiger partial charge in [0.1, 0.15) is 5.82 Å². The first kappa shape index (κ1) is 22.7. The number of nitrogen functional groups attached to an aromatic ring is 1. The van der Waals surface area contributed by atoms with Crippen molar-refractivity contribution in [2.75, 3.05) is 25.9 Å². The molecule has 0 spiro atoms. The standard InChI is InChI=1S/C24H32F3N5O/c1-4-13(2)32-21(10-20(30-32)14-7-19(24(25,26)27)23(28)29-11-14)22-17-8-15(9-18(17)22)31-6-5-16(12-31)33-3/h7,10-11,13,15-18,22H,4-6,8-9,12H2,1-3H3,(H2,28,29). The molecule has 1 aliphatic heterocycles. The molecule has 0 aromatic carbocycles. The van der Waals surface area contributed by atoms with Crippen molar-refractivity contribution < 1.29 is 17.9 Å². The molecule has 3 aliphatic rings. The third-order valence-electron chi connectivity index (χ3n) is 8.08. The van der Waals surface area contributed by atoms with Crippen LogP contribution in [0.1, 0.15) is 62.7 Å². The van der Waals surface area contributed by atoms with Crippen molar-refractivity contribution in [1.29, 1.82) is 0 Å². The van der Waals surface area contributed by atoms with Gasteiger partial charge < -0.3 is 10.5 Å². The zero-order valence-electron chi connectivity index (χ0n) is 19.3. The summed E-state index contributed by atoms with van der Waals surface area (Å²) < 4.78 is 47.6. The van der Waals surface area contributed by atoms with Crippen LogP contribution in [0.2, 0.25) is 0 Å². The van der Waals surface area contributed by atoms with E-state index in [4.69, 9.17) is 15.6 Å². The number of ether oxygens (including phenoxy) is 1. The number of aromatic nitrogens is 3. The van der Waals surface area contributed by atoms with Gasteiger partial charge >= 0.3 is 6.18 Å². The molecule has 0 amide bonds. The van der Waals surface area contributed by atoms with E-state index < -0.39 is 17.6 Å². The number of methoxy groups -OCH3 is 1. The molecule has 0 bridgehead atoms. The van der Waals surface area contributed by atoms with E-state index in [0.29, 0.717) is 41.2 Å². The molecule has 1 saturated heterocycles. The highest BCUT2D eigenvalue weighted by Gasteiger charge is 2.59. The van der Waals surface area contributed by atoms with Gasteiger partial charge in [-0.3, -0.25) is 9.58 Å². The minimum absolute atomic E-state index is 0.177. The van der Waals surface area contributed by atoms with Gasteiger partial charge in [0.15, 0.2) is 0 Å². The average Bonchev–Trinajstić information content (AvgIpc) is 3.26. The Balaban J connectivity index is 1.38. The summed E-state index contributed by atoms with van der Waals surface area (Å²) in [5.74, 6) is 1.17. The highest BCUT2D eigenvalue weighted by atomic mass is 19.4. The molecule has 180 valence electrons. The predicted molar refractivity (Wildman–Crippen MR) is 120 cm³/mol. The smallest absolute Gasteiger partial charge is 0.383 e. The lowest BCUT2D eigenvalue weighted by atomic mass is 10.0. The lowest BCUT2D eigenvalue weighted by Crippen LogP contribution is -2.33. The summed E-state index contributed by atoms with van der Waals surface area (Å²) in [7, 11) is 1.79. The van der Waals surface area contributed by atoms with E-state index in [9.17, 15) is 13.2 Å². The maximum absolute atomic E-state index is 13.4. The van der Waals surface area contributed by atoms with Crippen LogP contribution in [-0.4, -0.2) is 52.0 Å². The quantitative estimate of drug-likeness (QED) is 0.671. The Morgan fingerprint density at radius 1 is 1.24 bits per heavy atom. The van der Waals surface area contributed by atoms with Gasteiger partial charge in [-0.15, -0.1) is 0 Å². The van der Waals surface area contributed by atoms with Crippen LogP contribution >= 0.6 is 0 Å². The van der Waals surface area contributed by atoms with Gasteiger partial charge in [0.05, 0.1) is 17.4 Å². The molecule has 2 aromatic heterocycles. The largest absolute Gasteiger partial charge is 0.419 e. The number of rotatable bonds is 6. The first-order valence-electron chi connectivity index (χ1n) is 11.9. The van der Waals surface area contributed by atoms with Gasteiger partial charge in [0.2, 0.25) is 0 Å². The summed E-state index contributed by atoms with van der Waals surface area (Å²) in [4.78, 5) is 6.38. The number of hydrogen-bond donors (Lipinski definition) is 1. The molecule has 33 heavy (non-hydrogen) atoms. The molecule has 9 heteroatoms. The number of alkyl halides is 3. The van der Waals surface area contributed by atoms with Crippen LogP contribution in [0.25, 0.3) is 11.3 Å². The van der Waals surface area contributed by atoms with Crippen molar-refractivity contribution in [1.82, 2.24) is 19.7 Å². The maximum atomic E-state index is 13.4. The van der Waals surface area contributed by atoms with Crippen molar-refractivity contribution in [2.24, 2.45) is 11.8 Å². The van der Waals surface area contributed by atoms with E-state index in [1.165, 1.54) is 19.0 Å². The molecular weight excluding hydrogens is 431 g/mol. The van der Waals surface area contributed by atoms with E-state index in [1.54, 1.807) is 7.11 Å². The van der Waals surface area contributed by atoms with Crippen LogP contribution < -0.4 is 5.73 Å². The Hall–Kier alpha value is -2.13. The van der Waals surface area contributed by atoms with Crippen molar-refractivity contribution in [2.45, 2.75) is 69.8 Å². The van der Waals surface area contributed by atoms with Gasteiger partial charge in [-0.2, -0.15) is 18.3 Å². The Bertz CT molecular complexity index is 1010. The number of pyridine rings is 1. The molecule has 4 unspecified atom stereocenters. The van der Waals surface area contributed by atoms with Gasteiger partial charge in [0, 0.05) is 55.7 Å². The second-order valence-electron chi connectivity index (χ2n) is 9.93. The molecule has 2 saturated carbocycles. The van der Waals surface area contributed by atoms with Crippen LogP contribution in [0, 0.1) is 11.8 Å².